The Morgan fingerprint density at radius 3 is 2.92 bits per heavy atom. The second-order valence-corrected chi connectivity index (χ2v) is 3.81. The highest BCUT2D eigenvalue weighted by Gasteiger charge is 2.20. The Hall–Kier alpha value is -0.800. The molecule has 0 bridgehead atoms. The molecule has 2 rings (SSSR count). The SMILES string of the molecule is CN1CCNCC1c1ccn(C)c1. The quantitative estimate of drug-likeness (QED) is 0.681. The first-order chi connectivity index (χ1) is 6.27. The fourth-order valence-electron chi connectivity index (χ4n) is 1.90. The smallest absolute Gasteiger partial charge is 0.0485 e. The van der Waals surface area contributed by atoms with Crippen LogP contribution in [0.4, 0.5) is 0 Å². The molecule has 0 saturated carbocycles. The lowest BCUT2D eigenvalue weighted by Gasteiger charge is -2.32. The second kappa shape index (κ2) is 3.52. The fraction of sp³-hybridized carbons (Fsp3) is 0.600. The van der Waals surface area contributed by atoms with Crippen molar-refractivity contribution in [2.45, 2.75) is 6.04 Å². The summed E-state index contributed by atoms with van der Waals surface area (Å²) in [5.74, 6) is 0. The van der Waals surface area contributed by atoms with Crippen molar-refractivity contribution in [3.05, 3.63) is 24.0 Å². The van der Waals surface area contributed by atoms with Crippen molar-refractivity contribution >= 4 is 0 Å². The van der Waals surface area contributed by atoms with Gasteiger partial charge in [0, 0.05) is 45.1 Å². The molecule has 0 amide bonds. The summed E-state index contributed by atoms with van der Waals surface area (Å²) in [6.07, 6.45) is 4.31. The van der Waals surface area contributed by atoms with Crippen molar-refractivity contribution in [2.75, 3.05) is 26.7 Å². The van der Waals surface area contributed by atoms with Gasteiger partial charge in [0.05, 0.1) is 0 Å². The van der Waals surface area contributed by atoms with Gasteiger partial charge in [0.25, 0.3) is 0 Å². The fourth-order valence-corrected chi connectivity index (χ4v) is 1.90. The molecular formula is C10H17N3. The van der Waals surface area contributed by atoms with Gasteiger partial charge in [0.15, 0.2) is 0 Å². The summed E-state index contributed by atoms with van der Waals surface area (Å²) in [5.41, 5.74) is 1.41. The van der Waals surface area contributed by atoms with Gasteiger partial charge in [-0.3, -0.25) is 4.90 Å². The van der Waals surface area contributed by atoms with E-state index in [1.165, 1.54) is 5.56 Å². The van der Waals surface area contributed by atoms with Gasteiger partial charge in [-0.15, -0.1) is 0 Å². The van der Waals surface area contributed by atoms with Crippen LogP contribution in [0.25, 0.3) is 0 Å². The Morgan fingerprint density at radius 2 is 2.31 bits per heavy atom. The van der Waals surface area contributed by atoms with E-state index in [2.05, 4.69) is 47.3 Å². The van der Waals surface area contributed by atoms with Crippen molar-refractivity contribution in [1.29, 1.82) is 0 Å². The lowest BCUT2D eigenvalue weighted by Crippen LogP contribution is -2.43. The third-order valence-electron chi connectivity index (χ3n) is 2.75. The Bertz CT molecular complexity index is 279. The molecule has 0 spiro atoms. The Kier molecular flexibility index (Phi) is 2.38. The second-order valence-electron chi connectivity index (χ2n) is 3.81. The zero-order chi connectivity index (χ0) is 9.26. The van der Waals surface area contributed by atoms with Gasteiger partial charge in [-0.1, -0.05) is 0 Å². The molecule has 1 fully saturated rings. The van der Waals surface area contributed by atoms with Crippen LogP contribution in [0.2, 0.25) is 0 Å². The minimum absolute atomic E-state index is 0.551. The summed E-state index contributed by atoms with van der Waals surface area (Å²) in [6, 6.07) is 2.75. The maximum absolute atomic E-state index is 3.42. The number of hydrogen-bond donors (Lipinski definition) is 1. The van der Waals surface area contributed by atoms with Crippen LogP contribution in [0.3, 0.4) is 0 Å². The number of nitrogens with zero attached hydrogens (tertiary/aromatic N) is 2. The van der Waals surface area contributed by atoms with E-state index < -0.39 is 0 Å². The number of nitrogens with one attached hydrogen (secondary N) is 1. The highest BCUT2D eigenvalue weighted by Crippen LogP contribution is 2.20. The van der Waals surface area contributed by atoms with Gasteiger partial charge in [0.1, 0.15) is 0 Å². The summed E-state index contributed by atoms with van der Waals surface area (Å²) in [7, 11) is 4.26. The molecule has 13 heavy (non-hydrogen) atoms. The third kappa shape index (κ3) is 1.76. The van der Waals surface area contributed by atoms with Gasteiger partial charge in [-0.05, 0) is 18.7 Å². The van der Waals surface area contributed by atoms with E-state index in [0.717, 1.165) is 19.6 Å². The maximum atomic E-state index is 3.42. The average molecular weight is 179 g/mol. The Balaban J connectivity index is 2.14. The number of likely N-dealkylation sites (N-methyl/N-ethyl adjacent to an activating group) is 1. The molecule has 1 unspecified atom stereocenters. The van der Waals surface area contributed by atoms with Crippen molar-refractivity contribution < 1.29 is 0 Å². The van der Waals surface area contributed by atoms with Gasteiger partial charge in [-0.25, -0.2) is 0 Å². The maximum Gasteiger partial charge on any atom is 0.0485 e. The minimum Gasteiger partial charge on any atom is -0.357 e. The summed E-state index contributed by atoms with van der Waals surface area (Å²) < 4.78 is 2.11. The van der Waals surface area contributed by atoms with Crippen LogP contribution in [-0.4, -0.2) is 36.1 Å². The molecule has 1 aliphatic heterocycles. The molecule has 1 saturated heterocycles. The summed E-state index contributed by atoms with van der Waals surface area (Å²) in [4.78, 5) is 2.41. The van der Waals surface area contributed by atoms with E-state index in [4.69, 9.17) is 0 Å². The van der Waals surface area contributed by atoms with Crippen molar-refractivity contribution in [3.8, 4) is 0 Å². The first-order valence-corrected chi connectivity index (χ1v) is 4.80. The molecule has 1 aliphatic rings. The molecule has 72 valence electrons. The van der Waals surface area contributed by atoms with Crippen LogP contribution >= 0.6 is 0 Å². The summed E-state index contributed by atoms with van der Waals surface area (Å²) in [5, 5.41) is 3.42. The van der Waals surface area contributed by atoms with E-state index in [0.29, 0.717) is 6.04 Å². The predicted octanol–water partition coefficient (Wildman–Crippen LogP) is 0.601. The largest absolute Gasteiger partial charge is 0.357 e. The van der Waals surface area contributed by atoms with Gasteiger partial charge >= 0.3 is 0 Å². The summed E-state index contributed by atoms with van der Waals surface area (Å²) in [6.45, 7) is 3.32. The zero-order valence-electron chi connectivity index (χ0n) is 8.33. The van der Waals surface area contributed by atoms with Gasteiger partial charge < -0.3 is 9.88 Å². The molecule has 1 aromatic heterocycles. The predicted molar refractivity (Wildman–Crippen MR) is 53.7 cm³/mol. The van der Waals surface area contributed by atoms with Crippen LogP contribution in [-0.2, 0) is 7.05 Å². The lowest BCUT2D eigenvalue weighted by atomic mass is 10.1. The topological polar surface area (TPSA) is 20.2 Å². The van der Waals surface area contributed by atoms with E-state index in [1.54, 1.807) is 0 Å². The molecule has 0 aromatic carbocycles. The molecular weight excluding hydrogens is 162 g/mol. The first kappa shape index (κ1) is 8.78. The Morgan fingerprint density at radius 1 is 1.46 bits per heavy atom. The third-order valence-corrected chi connectivity index (χ3v) is 2.75. The number of aromatic nitrogens is 1. The van der Waals surface area contributed by atoms with E-state index >= 15 is 0 Å². The summed E-state index contributed by atoms with van der Waals surface area (Å²) >= 11 is 0. The van der Waals surface area contributed by atoms with Crippen LogP contribution in [0.1, 0.15) is 11.6 Å². The van der Waals surface area contributed by atoms with Crippen molar-refractivity contribution in [1.82, 2.24) is 14.8 Å². The lowest BCUT2D eigenvalue weighted by molar-refractivity contribution is 0.202. The van der Waals surface area contributed by atoms with Crippen LogP contribution in [0.5, 0.6) is 0 Å². The van der Waals surface area contributed by atoms with Crippen LogP contribution in [0, 0.1) is 0 Å². The monoisotopic (exact) mass is 179 g/mol. The molecule has 3 heteroatoms. The molecule has 1 aromatic rings. The molecule has 2 heterocycles. The molecule has 1 atom stereocenters. The van der Waals surface area contributed by atoms with Crippen LogP contribution < -0.4 is 5.32 Å². The van der Waals surface area contributed by atoms with Crippen LogP contribution in [0.15, 0.2) is 18.5 Å². The number of aryl methyl sites for hydroxylation is 1. The number of hydrogen-bond acceptors (Lipinski definition) is 2. The molecule has 1 N–H and O–H groups in total. The average Bonchev–Trinajstić information content (AvgIpc) is 2.53. The van der Waals surface area contributed by atoms with E-state index in [-0.39, 0.29) is 0 Å². The number of rotatable bonds is 1. The Labute approximate surface area is 79.3 Å². The minimum atomic E-state index is 0.551. The molecule has 0 aliphatic carbocycles. The molecule has 3 nitrogen and oxygen atoms in total. The highest BCUT2D eigenvalue weighted by molar-refractivity contribution is 5.16. The zero-order valence-corrected chi connectivity index (χ0v) is 8.33. The van der Waals surface area contributed by atoms with Crippen molar-refractivity contribution in [3.63, 3.8) is 0 Å². The highest BCUT2D eigenvalue weighted by atomic mass is 15.2. The van der Waals surface area contributed by atoms with Crippen molar-refractivity contribution in [2.24, 2.45) is 7.05 Å². The van der Waals surface area contributed by atoms with E-state index in [1.807, 2.05) is 0 Å². The standard InChI is InChI=1S/C10H17N3/c1-12-5-3-9(8-12)10-7-11-4-6-13(10)2/h3,5,8,10-11H,4,6-7H2,1-2H3. The number of piperazine rings is 1. The normalized spacial score (nSPS) is 24.9. The van der Waals surface area contributed by atoms with Gasteiger partial charge in [-0.2, -0.15) is 0 Å². The van der Waals surface area contributed by atoms with Gasteiger partial charge in [0.2, 0.25) is 0 Å². The first-order valence-electron chi connectivity index (χ1n) is 4.80. The molecule has 0 radical (unpaired) electrons. The van der Waals surface area contributed by atoms with E-state index in [9.17, 15) is 0 Å².